The Hall–Kier alpha value is -1.35. The van der Waals surface area contributed by atoms with Crippen molar-refractivity contribution in [2.75, 3.05) is 0 Å². The maximum atomic E-state index is 10.3. The standard InChI is InChI=1S/C17H24N2O/c1-2-19-16-10-6-5-9-14(16)15(18-19)11-12-17(20)13-7-3-4-8-13/h5-6,9-10,13,17,20H,2-4,7-8,11-12H2,1H3. The fraction of sp³-hybridized carbons (Fsp3) is 0.588. The average Bonchev–Trinajstić information content (AvgIpc) is 3.13. The molecule has 1 heterocycles. The molecule has 2 aromatic rings. The molecule has 3 nitrogen and oxygen atoms in total. The van der Waals surface area contributed by atoms with Crippen molar-refractivity contribution in [3.05, 3.63) is 30.0 Å². The van der Waals surface area contributed by atoms with E-state index in [9.17, 15) is 5.11 Å². The molecule has 1 aliphatic carbocycles. The largest absolute Gasteiger partial charge is 0.393 e. The fourth-order valence-electron chi connectivity index (χ4n) is 3.48. The summed E-state index contributed by atoms with van der Waals surface area (Å²) < 4.78 is 2.06. The number of aromatic nitrogens is 2. The zero-order valence-corrected chi connectivity index (χ0v) is 12.3. The van der Waals surface area contributed by atoms with Crippen LogP contribution in [-0.2, 0) is 13.0 Å². The van der Waals surface area contributed by atoms with Crippen molar-refractivity contribution in [2.45, 2.75) is 58.1 Å². The number of hydrogen-bond donors (Lipinski definition) is 1. The van der Waals surface area contributed by atoms with Crippen LogP contribution in [0, 0.1) is 5.92 Å². The molecule has 0 radical (unpaired) electrons. The molecule has 0 saturated heterocycles. The van der Waals surface area contributed by atoms with E-state index in [0.717, 1.165) is 25.1 Å². The van der Waals surface area contributed by atoms with E-state index in [1.807, 2.05) is 0 Å². The Morgan fingerprint density at radius 1 is 1.30 bits per heavy atom. The maximum Gasteiger partial charge on any atom is 0.0704 e. The highest BCUT2D eigenvalue weighted by atomic mass is 16.3. The second-order valence-corrected chi connectivity index (χ2v) is 5.93. The first-order valence-corrected chi connectivity index (χ1v) is 7.92. The molecule has 0 spiro atoms. The first kappa shape index (κ1) is 13.6. The van der Waals surface area contributed by atoms with Crippen LogP contribution < -0.4 is 0 Å². The molecule has 1 saturated carbocycles. The predicted octanol–water partition coefficient (Wildman–Crippen LogP) is 3.54. The summed E-state index contributed by atoms with van der Waals surface area (Å²) in [7, 11) is 0. The second kappa shape index (κ2) is 5.96. The van der Waals surface area contributed by atoms with E-state index < -0.39 is 0 Å². The van der Waals surface area contributed by atoms with E-state index >= 15 is 0 Å². The Morgan fingerprint density at radius 2 is 2.05 bits per heavy atom. The number of hydrogen-bond acceptors (Lipinski definition) is 2. The number of para-hydroxylation sites is 1. The van der Waals surface area contributed by atoms with Gasteiger partial charge in [0.25, 0.3) is 0 Å². The lowest BCUT2D eigenvalue weighted by atomic mass is 9.96. The Balaban J connectivity index is 1.74. The molecule has 0 aliphatic heterocycles. The lowest BCUT2D eigenvalue weighted by Crippen LogP contribution is -2.18. The van der Waals surface area contributed by atoms with Crippen molar-refractivity contribution >= 4 is 10.9 Å². The van der Waals surface area contributed by atoms with Crippen LogP contribution in [0.4, 0.5) is 0 Å². The van der Waals surface area contributed by atoms with Crippen molar-refractivity contribution in [1.29, 1.82) is 0 Å². The molecular weight excluding hydrogens is 248 g/mol. The molecular formula is C17H24N2O. The van der Waals surface area contributed by atoms with E-state index in [1.165, 1.54) is 36.6 Å². The minimum Gasteiger partial charge on any atom is -0.393 e. The number of aryl methyl sites for hydroxylation is 2. The molecule has 1 unspecified atom stereocenters. The number of fused-ring (bicyclic) bond motifs is 1. The van der Waals surface area contributed by atoms with Crippen LogP contribution in [0.2, 0.25) is 0 Å². The van der Waals surface area contributed by atoms with E-state index in [2.05, 4.69) is 35.9 Å². The summed E-state index contributed by atoms with van der Waals surface area (Å²) in [5.41, 5.74) is 2.35. The highest BCUT2D eigenvalue weighted by Gasteiger charge is 2.23. The van der Waals surface area contributed by atoms with Gasteiger partial charge >= 0.3 is 0 Å². The second-order valence-electron chi connectivity index (χ2n) is 5.93. The van der Waals surface area contributed by atoms with Gasteiger partial charge in [0.2, 0.25) is 0 Å². The topological polar surface area (TPSA) is 38.0 Å². The van der Waals surface area contributed by atoms with Crippen molar-refractivity contribution in [3.8, 4) is 0 Å². The van der Waals surface area contributed by atoms with Crippen LogP contribution in [0.5, 0.6) is 0 Å². The van der Waals surface area contributed by atoms with Crippen molar-refractivity contribution in [1.82, 2.24) is 9.78 Å². The van der Waals surface area contributed by atoms with Gasteiger partial charge in [-0.1, -0.05) is 31.0 Å². The lowest BCUT2D eigenvalue weighted by Gasteiger charge is -2.16. The molecule has 1 atom stereocenters. The summed E-state index contributed by atoms with van der Waals surface area (Å²) in [6.45, 7) is 3.02. The zero-order chi connectivity index (χ0) is 13.9. The number of aliphatic hydroxyl groups excluding tert-OH is 1. The van der Waals surface area contributed by atoms with Crippen LogP contribution in [0.15, 0.2) is 24.3 Å². The van der Waals surface area contributed by atoms with Crippen molar-refractivity contribution in [2.24, 2.45) is 5.92 Å². The minimum absolute atomic E-state index is 0.150. The number of aliphatic hydroxyl groups is 1. The summed E-state index contributed by atoms with van der Waals surface area (Å²) in [4.78, 5) is 0. The van der Waals surface area contributed by atoms with E-state index in [-0.39, 0.29) is 6.10 Å². The van der Waals surface area contributed by atoms with Gasteiger partial charge in [0.15, 0.2) is 0 Å². The number of nitrogens with zero attached hydrogens (tertiary/aromatic N) is 2. The molecule has 0 bridgehead atoms. The molecule has 1 aromatic carbocycles. The van der Waals surface area contributed by atoms with Crippen molar-refractivity contribution < 1.29 is 5.11 Å². The van der Waals surface area contributed by atoms with Crippen LogP contribution in [-0.4, -0.2) is 21.0 Å². The van der Waals surface area contributed by atoms with Gasteiger partial charge in [0.1, 0.15) is 0 Å². The number of benzene rings is 1. The quantitative estimate of drug-likeness (QED) is 0.904. The third-order valence-corrected chi connectivity index (χ3v) is 4.65. The van der Waals surface area contributed by atoms with Crippen molar-refractivity contribution in [3.63, 3.8) is 0 Å². The fourth-order valence-corrected chi connectivity index (χ4v) is 3.48. The lowest BCUT2D eigenvalue weighted by molar-refractivity contribution is 0.102. The molecule has 20 heavy (non-hydrogen) atoms. The van der Waals surface area contributed by atoms with Gasteiger partial charge in [0.05, 0.1) is 17.3 Å². The molecule has 3 heteroatoms. The third-order valence-electron chi connectivity index (χ3n) is 4.65. The predicted molar refractivity (Wildman–Crippen MR) is 81.7 cm³/mol. The van der Waals surface area contributed by atoms with Crippen LogP contribution >= 0.6 is 0 Å². The summed E-state index contributed by atoms with van der Waals surface area (Å²) in [6, 6.07) is 8.41. The van der Waals surface area contributed by atoms with Crippen LogP contribution in [0.3, 0.4) is 0 Å². The first-order chi connectivity index (χ1) is 9.79. The van der Waals surface area contributed by atoms with Gasteiger partial charge in [-0.15, -0.1) is 0 Å². The Morgan fingerprint density at radius 3 is 2.80 bits per heavy atom. The highest BCUT2D eigenvalue weighted by molar-refractivity contribution is 5.81. The van der Waals surface area contributed by atoms with E-state index in [1.54, 1.807) is 0 Å². The SMILES string of the molecule is CCn1nc(CCC(O)C2CCCC2)c2ccccc21. The van der Waals surface area contributed by atoms with Gasteiger partial charge in [-0.2, -0.15) is 5.10 Å². The smallest absolute Gasteiger partial charge is 0.0704 e. The summed E-state index contributed by atoms with van der Waals surface area (Å²) in [5, 5.41) is 16.3. The molecule has 1 aromatic heterocycles. The molecule has 1 aliphatic rings. The Bertz CT molecular complexity index is 569. The first-order valence-electron chi connectivity index (χ1n) is 7.92. The maximum absolute atomic E-state index is 10.3. The third kappa shape index (κ3) is 2.59. The normalized spacial score (nSPS) is 17.9. The zero-order valence-electron chi connectivity index (χ0n) is 12.3. The molecule has 108 valence electrons. The van der Waals surface area contributed by atoms with Crippen LogP contribution in [0.1, 0.15) is 44.7 Å². The van der Waals surface area contributed by atoms with Gasteiger partial charge in [-0.25, -0.2) is 0 Å². The van der Waals surface area contributed by atoms with Gasteiger partial charge < -0.3 is 5.11 Å². The molecule has 1 fully saturated rings. The minimum atomic E-state index is -0.150. The summed E-state index contributed by atoms with van der Waals surface area (Å²) in [6.07, 6.45) is 6.55. The highest BCUT2D eigenvalue weighted by Crippen LogP contribution is 2.30. The Kier molecular flexibility index (Phi) is 4.06. The Labute approximate surface area is 120 Å². The summed E-state index contributed by atoms with van der Waals surface area (Å²) in [5.74, 6) is 0.523. The monoisotopic (exact) mass is 272 g/mol. The van der Waals surface area contributed by atoms with Gasteiger partial charge in [-0.05, 0) is 44.6 Å². The molecule has 0 amide bonds. The van der Waals surface area contributed by atoms with Crippen LogP contribution in [0.25, 0.3) is 10.9 Å². The van der Waals surface area contributed by atoms with E-state index in [4.69, 9.17) is 5.10 Å². The molecule has 1 N–H and O–H groups in total. The molecule has 3 rings (SSSR count). The number of rotatable bonds is 5. The average molecular weight is 272 g/mol. The van der Waals surface area contributed by atoms with E-state index in [0.29, 0.717) is 5.92 Å². The summed E-state index contributed by atoms with van der Waals surface area (Å²) >= 11 is 0. The van der Waals surface area contributed by atoms with Gasteiger partial charge in [-0.3, -0.25) is 4.68 Å². The van der Waals surface area contributed by atoms with Gasteiger partial charge in [0, 0.05) is 11.9 Å².